The minimum atomic E-state index is -0.637. The Kier molecular flexibility index (Phi) is 8.87. The molecular weight excluding hydrogens is 398 g/mol. The lowest BCUT2D eigenvalue weighted by molar-refractivity contribution is -0.385. The van der Waals surface area contributed by atoms with E-state index in [0.717, 1.165) is 11.6 Å². The lowest BCUT2D eigenvalue weighted by Gasteiger charge is -2.15. The molecule has 8 nitrogen and oxygen atoms in total. The molecule has 29 heavy (non-hydrogen) atoms. The van der Waals surface area contributed by atoms with Crippen LogP contribution in [0.1, 0.15) is 47.3 Å². The molecule has 3 N–H and O–H groups in total. The van der Waals surface area contributed by atoms with Gasteiger partial charge < -0.3 is 20.5 Å². The van der Waals surface area contributed by atoms with Crippen LogP contribution in [-0.4, -0.2) is 31.6 Å². The van der Waals surface area contributed by atoms with Crippen molar-refractivity contribution < 1.29 is 19.2 Å². The Morgan fingerprint density at radius 3 is 2.10 bits per heavy atom. The van der Waals surface area contributed by atoms with Gasteiger partial charge in [0.25, 0.3) is 11.6 Å². The highest BCUT2D eigenvalue weighted by Crippen LogP contribution is 2.34. The van der Waals surface area contributed by atoms with Crippen LogP contribution in [0.3, 0.4) is 0 Å². The summed E-state index contributed by atoms with van der Waals surface area (Å²) in [6.07, 6.45) is 0. The number of benzene rings is 2. The number of halogens is 1. The summed E-state index contributed by atoms with van der Waals surface area (Å²) in [5.41, 5.74) is 7.73. The average molecular weight is 424 g/mol. The monoisotopic (exact) mass is 423 g/mol. The summed E-state index contributed by atoms with van der Waals surface area (Å²) in [4.78, 5) is 23.3. The van der Waals surface area contributed by atoms with Crippen LogP contribution in [0.2, 0.25) is 0 Å². The Labute approximate surface area is 175 Å². The summed E-state index contributed by atoms with van der Waals surface area (Å²) >= 11 is 0. The number of amides is 1. The number of nitrogens with two attached hydrogens (primary N) is 1. The second-order valence-corrected chi connectivity index (χ2v) is 6.62. The molecule has 0 aliphatic rings. The maximum atomic E-state index is 12.5. The van der Waals surface area contributed by atoms with Gasteiger partial charge in [-0.1, -0.05) is 38.1 Å². The molecule has 1 unspecified atom stereocenters. The molecule has 0 bridgehead atoms. The molecule has 2 aromatic carbocycles. The molecule has 0 radical (unpaired) electrons. The Balaban J connectivity index is 0.00000420. The Hall–Kier alpha value is -2.84. The third-order valence-corrected chi connectivity index (χ3v) is 4.46. The number of nitrogens with zero attached hydrogens (tertiary/aromatic N) is 1. The van der Waals surface area contributed by atoms with E-state index in [9.17, 15) is 14.9 Å². The zero-order valence-corrected chi connectivity index (χ0v) is 17.6. The van der Waals surface area contributed by atoms with E-state index in [4.69, 9.17) is 15.2 Å². The number of nitro benzene ring substituents is 1. The van der Waals surface area contributed by atoms with Crippen LogP contribution < -0.4 is 20.5 Å². The largest absolute Gasteiger partial charge is 0.493 e. The van der Waals surface area contributed by atoms with Crippen molar-refractivity contribution in [2.24, 2.45) is 5.73 Å². The smallest absolute Gasteiger partial charge is 0.286 e. The van der Waals surface area contributed by atoms with Gasteiger partial charge in [-0.25, -0.2) is 0 Å². The van der Waals surface area contributed by atoms with Crippen molar-refractivity contribution in [1.29, 1.82) is 0 Å². The fraction of sp³-hybridized carbons (Fsp3) is 0.350. The molecule has 1 atom stereocenters. The first kappa shape index (κ1) is 24.2. The molecule has 0 aromatic heterocycles. The number of carbonyl (C=O) groups excluding carboxylic acids is 1. The fourth-order valence-electron chi connectivity index (χ4n) is 2.75. The molecule has 2 rings (SSSR count). The van der Waals surface area contributed by atoms with E-state index in [1.807, 2.05) is 24.3 Å². The van der Waals surface area contributed by atoms with Crippen LogP contribution in [0.25, 0.3) is 0 Å². The van der Waals surface area contributed by atoms with Crippen LogP contribution in [0.4, 0.5) is 5.69 Å². The number of methoxy groups -OCH3 is 2. The standard InChI is InChI=1S/C20H25N3O5.ClH/c1-12(2)13-5-7-14(8-6-13)16(21)11-22-20(24)15-9-18(27-3)19(28-4)10-17(15)23(25)26;/h5-10,12,16H,11,21H2,1-4H3,(H,22,24);1H. The molecule has 0 spiro atoms. The van der Waals surface area contributed by atoms with Gasteiger partial charge in [-0.15, -0.1) is 12.4 Å². The van der Waals surface area contributed by atoms with Crippen molar-refractivity contribution in [2.45, 2.75) is 25.8 Å². The van der Waals surface area contributed by atoms with Gasteiger partial charge in [0.1, 0.15) is 5.56 Å². The molecule has 0 fully saturated rings. The van der Waals surface area contributed by atoms with Crippen molar-refractivity contribution in [3.8, 4) is 11.5 Å². The molecule has 0 saturated heterocycles. The van der Waals surface area contributed by atoms with E-state index in [-0.39, 0.29) is 41.7 Å². The highest BCUT2D eigenvalue weighted by atomic mass is 35.5. The first-order valence-corrected chi connectivity index (χ1v) is 8.82. The highest BCUT2D eigenvalue weighted by molar-refractivity contribution is 5.99. The molecule has 0 saturated carbocycles. The van der Waals surface area contributed by atoms with Crippen molar-refractivity contribution in [2.75, 3.05) is 20.8 Å². The van der Waals surface area contributed by atoms with Gasteiger partial charge in [0, 0.05) is 18.7 Å². The van der Waals surface area contributed by atoms with E-state index < -0.39 is 16.9 Å². The molecule has 1 amide bonds. The molecule has 0 aliphatic heterocycles. The second kappa shape index (κ2) is 10.6. The van der Waals surface area contributed by atoms with Crippen molar-refractivity contribution in [3.63, 3.8) is 0 Å². The summed E-state index contributed by atoms with van der Waals surface area (Å²) in [6.45, 7) is 4.34. The highest BCUT2D eigenvalue weighted by Gasteiger charge is 2.24. The molecule has 0 heterocycles. The van der Waals surface area contributed by atoms with Crippen LogP contribution in [0, 0.1) is 10.1 Å². The quantitative estimate of drug-likeness (QED) is 0.495. The number of nitro groups is 1. The number of ether oxygens (including phenoxy) is 2. The van der Waals surface area contributed by atoms with Gasteiger partial charge in [-0.3, -0.25) is 14.9 Å². The Morgan fingerprint density at radius 1 is 1.10 bits per heavy atom. The summed E-state index contributed by atoms with van der Waals surface area (Å²) in [6, 6.07) is 9.86. The van der Waals surface area contributed by atoms with E-state index in [1.165, 1.54) is 25.8 Å². The van der Waals surface area contributed by atoms with Gasteiger partial charge in [0.05, 0.1) is 25.2 Å². The van der Waals surface area contributed by atoms with Crippen LogP contribution in [0.15, 0.2) is 36.4 Å². The lowest BCUT2D eigenvalue weighted by atomic mass is 9.99. The molecule has 2 aromatic rings. The predicted octanol–water partition coefficient (Wildman–Crippen LogP) is 3.59. The number of hydrogen-bond acceptors (Lipinski definition) is 6. The van der Waals surface area contributed by atoms with Crippen LogP contribution >= 0.6 is 12.4 Å². The number of nitrogens with one attached hydrogen (secondary N) is 1. The normalized spacial score (nSPS) is 11.4. The first-order valence-electron chi connectivity index (χ1n) is 8.82. The summed E-state index contributed by atoms with van der Waals surface area (Å²) < 4.78 is 10.2. The van der Waals surface area contributed by atoms with Gasteiger partial charge in [0.15, 0.2) is 11.5 Å². The number of hydrogen-bond donors (Lipinski definition) is 2. The minimum absolute atomic E-state index is 0. The predicted molar refractivity (Wildman–Crippen MR) is 113 cm³/mol. The average Bonchev–Trinajstić information content (AvgIpc) is 2.70. The van der Waals surface area contributed by atoms with Crippen LogP contribution in [0.5, 0.6) is 11.5 Å². The summed E-state index contributed by atoms with van der Waals surface area (Å²) in [5, 5.41) is 14.0. The third-order valence-electron chi connectivity index (χ3n) is 4.46. The van der Waals surface area contributed by atoms with E-state index in [1.54, 1.807) is 0 Å². The van der Waals surface area contributed by atoms with E-state index in [2.05, 4.69) is 19.2 Å². The minimum Gasteiger partial charge on any atom is -0.493 e. The number of rotatable bonds is 8. The van der Waals surface area contributed by atoms with E-state index >= 15 is 0 Å². The second-order valence-electron chi connectivity index (χ2n) is 6.62. The van der Waals surface area contributed by atoms with Gasteiger partial charge >= 0.3 is 0 Å². The molecular formula is C20H26ClN3O5. The van der Waals surface area contributed by atoms with Crippen molar-refractivity contribution in [1.82, 2.24) is 5.32 Å². The lowest BCUT2D eigenvalue weighted by Crippen LogP contribution is -2.32. The fourth-order valence-corrected chi connectivity index (χ4v) is 2.75. The van der Waals surface area contributed by atoms with Gasteiger partial charge in [0.2, 0.25) is 0 Å². The van der Waals surface area contributed by atoms with E-state index in [0.29, 0.717) is 5.92 Å². The van der Waals surface area contributed by atoms with Crippen LogP contribution in [-0.2, 0) is 0 Å². The molecule has 9 heteroatoms. The zero-order chi connectivity index (χ0) is 20.8. The maximum absolute atomic E-state index is 12.5. The SMILES string of the molecule is COc1cc(C(=O)NCC(N)c2ccc(C(C)C)cc2)c([N+](=O)[O-])cc1OC.Cl. The summed E-state index contributed by atoms with van der Waals surface area (Å²) in [5.74, 6) is 0.206. The third kappa shape index (κ3) is 5.82. The van der Waals surface area contributed by atoms with Crippen molar-refractivity contribution in [3.05, 3.63) is 63.2 Å². The molecule has 0 aliphatic carbocycles. The molecule has 158 valence electrons. The Bertz CT molecular complexity index is 856. The number of carbonyl (C=O) groups is 1. The van der Waals surface area contributed by atoms with Gasteiger partial charge in [-0.05, 0) is 17.0 Å². The first-order chi connectivity index (χ1) is 13.3. The Morgan fingerprint density at radius 2 is 1.62 bits per heavy atom. The summed E-state index contributed by atoms with van der Waals surface area (Å²) in [7, 11) is 2.76. The van der Waals surface area contributed by atoms with Gasteiger partial charge in [-0.2, -0.15) is 0 Å². The maximum Gasteiger partial charge on any atom is 0.286 e. The topological polar surface area (TPSA) is 117 Å². The zero-order valence-electron chi connectivity index (χ0n) is 16.8. The van der Waals surface area contributed by atoms with Crippen molar-refractivity contribution >= 4 is 24.0 Å².